The largest absolute Gasteiger partial charge is 0.392 e. The minimum atomic E-state index is -3.20. The number of hydrogen-bond acceptors (Lipinski definition) is 11. The summed E-state index contributed by atoms with van der Waals surface area (Å²) < 4.78 is 49.4. The summed E-state index contributed by atoms with van der Waals surface area (Å²) in [5, 5.41) is 15.1. The lowest BCUT2D eigenvalue weighted by Gasteiger charge is -2.11. The molecule has 0 atom stereocenters. The van der Waals surface area contributed by atoms with Crippen LogP contribution in [0.1, 0.15) is 174 Å². The van der Waals surface area contributed by atoms with Crippen LogP contribution in [0.4, 0.5) is 0 Å². The zero-order valence-electron chi connectivity index (χ0n) is 57.6. The molecule has 85 heavy (non-hydrogen) atoms. The molecule has 0 unspecified atom stereocenters. The van der Waals surface area contributed by atoms with Gasteiger partial charge in [0.15, 0.2) is 12.1 Å². The Labute approximate surface area is 511 Å². The van der Waals surface area contributed by atoms with Gasteiger partial charge in [-0.05, 0) is 256 Å². The summed E-state index contributed by atoms with van der Waals surface area (Å²) in [6.07, 6.45) is 3.37. The Hall–Kier alpha value is -6.00. The van der Waals surface area contributed by atoms with E-state index >= 15 is 0 Å². The van der Waals surface area contributed by atoms with E-state index in [0.29, 0.717) is 6.54 Å². The van der Waals surface area contributed by atoms with Gasteiger partial charge in [0, 0.05) is 123 Å². The Kier molecular flexibility index (Phi) is 30.1. The first kappa shape index (κ1) is 77.0. The third-order valence-corrected chi connectivity index (χ3v) is 18.4. The molecule has 8 N–H and O–H groups in total. The molecule has 0 aliphatic rings. The molecule has 18 nitrogen and oxygen atoms in total. The number of hydrogen-bond donors (Lipinski definition) is 8. The number of nitrogens with zero attached hydrogens (tertiary/aromatic N) is 4. The minimum absolute atomic E-state index is 0.141. The summed E-state index contributed by atoms with van der Waals surface area (Å²) >= 11 is 0. The monoisotopic (exact) mass is 1220 g/mol. The number of carbonyl (C=O) groups is 2. The van der Waals surface area contributed by atoms with Gasteiger partial charge < -0.3 is 50.5 Å². The maximum atomic E-state index is 11.7. The predicted octanol–water partition coefficient (Wildman–Crippen LogP) is 11.2. The zero-order chi connectivity index (χ0) is 66.2. The summed E-state index contributed by atoms with van der Waals surface area (Å²) in [7, 11) is 5.58. The summed E-state index contributed by atoms with van der Waals surface area (Å²) in [5.41, 5.74) is 30.7. The number of aliphatic hydroxyl groups is 1. The van der Waals surface area contributed by atoms with Gasteiger partial charge in [0.05, 0.1) is 19.1 Å². The molecule has 478 valence electrons. The zero-order valence-corrected chi connectivity index (χ0v) is 59.2. The second-order valence-electron chi connectivity index (χ2n) is 23.2. The average molecular weight is 1220 g/mol. The van der Waals surface area contributed by atoms with E-state index in [4.69, 9.17) is 5.11 Å². The molecule has 7 aromatic heterocycles. The second kappa shape index (κ2) is 33.2. The van der Waals surface area contributed by atoms with Crippen molar-refractivity contribution in [2.24, 2.45) is 0 Å². The number of aromatic amines is 5. The van der Waals surface area contributed by atoms with Crippen molar-refractivity contribution in [3.8, 4) is 0 Å². The fourth-order valence-electron chi connectivity index (χ4n) is 10.7. The number of aryl methyl sites for hydroxylation is 10. The van der Waals surface area contributed by atoms with Gasteiger partial charge in [0.1, 0.15) is 0 Å². The Morgan fingerprint density at radius 2 is 0.753 bits per heavy atom. The maximum Gasteiger partial charge on any atom is 0.236 e. The standard InChI is InChI=1S/C11H20N2O2S.C10H18N2O2S.C10H18N2.C9H16N2.C9H13NO.C8H13NO.C8H11NO/c1-8-9(2)13(16(6,14)15)10(3)11(8)7-12(4)5;1-7-8(2)12(15(5,13)14)9(3)10(7)6-11-4;1-7-8(2)11-9(3)10(7)6-12(4)5;1-6-7(2)11-8(3)9(6)5-10-4;1-5-6(2)10-7(3)9(5)8(4)11;2*1-5-6(2)9-7(3)8(5)4-10/h7H2,1-6H3;11H,6H2,1-5H3;11H,6H2,1-5H3;10-11H,5H2,1-4H3;10H,1-4H3;9-10H,4H2,1-3H3;4,9H,1-3H3. The maximum absolute atomic E-state index is 11.7. The van der Waals surface area contributed by atoms with Crippen LogP contribution in [0, 0.1) is 145 Å². The SMILES string of the molecule is CC(=O)c1c(C)[nH]c(C)c1C.CNCc1c(C)[nH]c(C)c1C.CNCc1c(C)c(C)n(S(C)(=O)=O)c1C.Cc1[nH]c(C)c(C=O)c1C.Cc1[nH]c(C)c(CN(C)C)c1C.Cc1[nH]c(C)c(CO)c1C.Cc1c(CN(C)C)c(C)n(S(C)(=O)=O)c1C. The van der Waals surface area contributed by atoms with E-state index in [2.05, 4.69) is 96.1 Å². The van der Waals surface area contributed by atoms with Crippen LogP contribution in [0.2, 0.25) is 0 Å². The van der Waals surface area contributed by atoms with E-state index < -0.39 is 20.0 Å². The van der Waals surface area contributed by atoms with Crippen LogP contribution in [-0.2, 0) is 52.8 Å². The highest BCUT2D eigenvalue weighted by Crippen LogP contribution is 2.26. The van der Waals surface area contributed by atoms with Crippen LogP contribution >= 0.6 is 0 Å². The molecule has 0 aliphatic heterocycles. The van der Waals surface area contributed by atoms with Gasteiger partial charge >= 0.3 is 0 Å². The van der Waals surface area contributed by atoms with Crippen molar-refractivity contribution in [1.82, 2.24) is 53.3 Å². The van der Waals surface area contributed by atoms with Crippen molar-refractivity contribution in [2.45, 2.75) is 185 Å². The van der Waals surface area contributed by atoms with Gasteiger partial charge in [0.2, 0.25) is 20.0 Å². The van der Waals surface area contributed by atoms with Crippen LogP contribution < -0.4 is 10.6 Å². The van der Waals surface area contributed by atoms with Gasteiger partial charge in [-0.25, -0.2) is 24.8 Å². The number of nitrogens with one attached hydrogen (secondary N) is 7. The average Bonchev–Trinajstić information content (AvgIpc) is 2.25. The predicted molar refractivity (Wildman–Crippen MR) is 354 cm³/mol. The van der Waals surface area contributed by atoms with Crippen molar-refractivity contribution >= 4 is 32.1 Å². The van der Waals surface area contributed by atoms with Gasteiger partial charge in [-0.1, -0.05) is 0 Å². The molecule has 20 heteroatoms. The minimum Gasteiger partial charge on any atom is -0.392 e. The number of aromatic nitrogens is 7. The molecule has 0 saturated heterocycles. The van der Waals surface area contributed by atoms with E-state index in [1.807, 2.05) is 137 Å². The highest BCUT2D eigenvalue weighted by Gasteiger charge is 2.21. The van der Waals surface area contributed by atoms with Crippen molar-refractivity contribution in [3.63, 3.8) is 0 Å². The number of Topliss-reactive ketones (excluding diaryl/α,β-unsaturated/α-hetero) is 1. The Balaban J connectivity index is 0.000000499. The second-order valence-corrected chi connectivity index (χ2v) is 26.9. The Bertz CT molecular complexity index is 3590. The summed E-state index contributed by atoms with van der Waals surface area (Å²) in [4.78, 5) is 41.8. The van der Waals surface area contributed by atoms with Crippen molar-refractivity contribution in [3.05, 3.63) is 158 Å². The molecule has 7 heterocycles. The quantitative estimate of drug-likeness (QED) is 0.0399. The molecule has 0 fully saturated rings. The lowest BCUT2D eigenvalue weighted by Crippen LogP contribution is -2.15. The van der Waals surface area contributed by atoms with Crippen LogP contribution in [0.25, 0.3) is 0 Å². The first-order valence-electron chi connectivity index (χ1n) is 28.7. The molecule has 0 radical (unpaired) electrons. The molecule has 0 aliphatic carbocycles. The molecular formula is C65H109N11O7S2. The van der Waals surface area contributed by atoms with Crippen molar-refractivity contribution < 1.29 is 31.5 Å². The summed E-state index contributed by atoms with van der Waals surface area (Å²) in [6, 6.07) is 0. The number of rotatable bonds is 13. The first-order chi connectivity index (χ1) is 39.0. The number of H-pyrrole nitrogens is 5. The van der Waals surface area contributed by atoms with Gasteiger partial charge in [-0.2, -0.15) is 0 Å². The third-order valence-electron chi connectivity index (χ3n) is 16.0. The van der Waals surface area contributed by atoms with E-state index in [9.17, 15) is 26.4 Å². The smallest absolute Gasteiger partial charge is 0.236 e. The number of ketones is 1. The molecule has 0 saturated carbocycles. The van der Waals surface area contributed by atoms with Gasteiger partial charge in [0.25, 0.3) is 0 Å². The summed E-state index contributed by atoms with van der Waals surface area (Å²) in [5.74, 6) is 0.143. The topological polar surface area (TPSA) is 242 Å². The lowest BCUT2D eigenvalue weighted by atomic mass is 10.1. The normalized spacial score (nSPS) is 11.1. The molecule has 0 spiro atoms. The van der Waals surface area contributed by atoms with Crippen LogP contribution in [-0.4, -0.2) is 131 Å². The van der Waals surface area contributed by atoms with Crippen molar-refractivity contribution in [2.75, 3.05) is 54.8 Å². The van der Waals surface area contributed by atoms with E-state index in [1.165, 1.54) is 71.0 Å². The van der Waals surface area contributed by atoms with E-state index in [0.717, 1.165) is 133 Å². The number of carbonyl (C=O) groups excluding carboxylic acids is 2. The molecule has 7 rings (SSSR count). The lowest BCUT2D eigenvalue weighted by molar-refractivity contribution is 0.101. The van der Waals surface area contributed by atoms with Crippen LogP contribution in [0.5, 0.6) is 0 Å². The molecular weight excluding hydrogens is 1110 g/mol. The Morgan fingerprint density at radius 3 is 1.00 bits per heavy atom. The van der Waals surface area contributed by atoms with Gasteiger partial charge in [-0.3, -0.25) is 9.59 Å². The molecule has 0 bridgehead atoms. The fourth-order valence-corrected chi connectivity index (χ4v) is 13.1. The van der Waals surface area contributed by atoms with Gasteiger partial charge in [-0.15, -0.1) is 0 Å². The van der Waals surface area contributed by atoms with E-state index in [-0.39, 0.29) is 12.4 Å². The number of aliphatic hydroxyl groups excluding tert-OH is 1. The van der Waals surface area contributed by atoms with Crippen molar-refractivity contribution in [1.29, 1.82) is 0 Å². The first-order valence-corrected chi connectivity index (χ1v) is 32.4. The highest BCUT2D eigenvalue weighted by atomic mass is 32.2. The van der Waals surface area contributed by atoms with Crippen LogP contribution in [0.15, 0.2) is 0 Å². The van der Waals surface area contributed by atoms with Crippen LogP contribution in [0.3, 0.4) is 0 Å². The molecule has 0 amide bonds. The highest BCUT2D eigenvalue weighted by molar-refractivity contribution is 7.89. The third kappa shape index (κ3) is 20.6. The fraction of sp³-hybridized carbons (Fsp3) is 0.538. The van der Waals surface area contributed by atoms with E-state index in [1.54, 1.807) is 6.92 Å². The molecule has 7 aromatic rings. The summed E-state index contributed by atoms with van der Waals surface area (Å²) in [6.45, 7) is 47.0. The number of aldehydes is 1. The Morgan fingerprint density at radius 1 is 0.435 bits per heavy atom. The molecule has 0 aromatic carbocycles.